The van der Waals surface area contributed by atoms with Gasteiger partial charge in [0.15, 0.2) is 6.61 Å². The molecule has 2 unspecified atom stereocenters. The van der Waals surface area contributed by atoms with Gasteiger partial charge < -0.3 is 15.2 Å². The summed E-state index contributed by atoms with van der Waals surface area (Å²) in [6, 6.07) is 7.95. The minimum absolute atomic E-state index is 0.237. The normalized spacial score (nSPS) is 31.3. The highest BCUT2D eigenvalue weighted by atomic mass is 32.2. The molecule has 0 radical (unpaired) electrons. The Kier molecular flexibility index (Phi) is 3.89. The third-order valence-corrected chi connectivity index (χ3v) is 6.32. The molecule has 2 aliphatic rings. The Morgan fingerprint density at radius 1 is 1.39 bits per heavy atom. The molecule has 0 aliphatic carbocycles. The molecule has 2 saturated heterocycles. The van der Waals surface area contributed by atoms with Gasteiger partial charge >= 0.3 is 0 Å². The zero-order valence-corrected chi connectivity index (χ0v) is 13.6. The Morgan fingerprint density at radius 2 is 2.04 bits per heavy atom. The average molecular weight is 338 g/mol. The van der Waals surface area contributed by atoms with Gasteiger partial charge in [-0.25, -0.2) is 0 Å². The van der Waals surface area contributed by atoms with Crippen molar-refractivity contribution in [2.24, 2.45) is 0 Å². The van der Waals surface area contributed by atoms with Crippen molar-refractivity contribution >= 4 is 22.6 Å². The summed E-state index contributed by atoms with van der Waals surface area (Å²) in [5.41, 5.74) is 0. The molecule has 7 nitrogen and oxygen atoms in total. The van der Waals surface area contributed by atoms with Gasteiger partial charge in [0.2, 0.25) is 0 Å². The van der Waals surface area contributed by atoms with Crippen LogP contribution in [0.5, 0.6) is 5.75 Å². The van der Waals surface area contributed by atoms with Crippen molar-refractivity contribution < 1.29 is 23.6 Å². The van der Waals surface area contributed by atoms with E-state index >= 15 is 0 Å². The summed E-state index contributed by atoms with van der Waals surface area (Å²) in [4.78, 5) is 25.2. The summed E-state index contributed by atoms with van der Waals surface area (Å²) >= 11 is 0. The van der Waals surface area contributed by atoms with Crippen LogP contribution < -0.4 is 10.1 Å². The van der Waals surface area contributed by atoms with E-state index in [1.54, 1.807) is 38.1 Å². The first-order chi connectivity index (χ1) is 10.8. The van der Waals surface area contributed by atoms with Crippen molar-refractivity contribution in [2.45, 2.75) is 36.2 Å². The average Bonchev–Trinajstić information content (AvgIpc) is 2.69. The number of fused-ring (bicyclic) bond motifs is 1. The maximum absolute atomic E-state index is 12.4. The summed E-state index contributed by atoms with van der Waals surface area (Å²) < 4.78 is 16.8. The first-order valence-corrected chi connectivity index (χ1v) is 8.43. The molecule has 0 aromatic heterocycles. The lowest BCUT2D eigenvalue weighted by atomic mass is 10.0. The van der Waals surface area contributed by atoms with Gasteiger partial charge in [0, 0.05) is 0 Å². The summed E-state index contributed by atoms with van der Waals surface area (Å²) in [6.07, 6.45) is -1.10. The fraction of sp³-hybridized carbons (Fsp3) is 0.467. The smallest absolute Gasteiger partial charge is 0.258 e. The highest BCUT2D eigenvalue weighted by Gasteiger charge is 2.65. The number of aliphatic hydroxyl groups excluding tert-OH is 1. The molecular formula is C15H18N2O5S. The molecule has 1 aromatic rings. The Balaban J connectivity index is 1.60. The fourth-order valence-corrected chi connectivity index (χ4v) is 4.54. The molecule has 2 amide bonds. The van der Waals surface area contributed by atoms with E-state index in [0.717, 1.165) is 0 Å². The number of benzene rings is 1. The quantitative estimate of drug-likeness (QED) is 0.727. The first kappa shape index (κ1) is 15.9. The number of carbonyl (C=O) groups is 2. The third kappa shape index (κ3) is 2.51. The van der Waals surface area contributed by atoms with Crippen LogP contribution in [0.15, 0.2) is 30.3 Å². The van der Waals surface area contributed by atoms with E-state index in [1.807, 2.05) is 6.07 Å². The van der Waals surface area contributed by atoms with Crippen LogP contribution in [0.2, 0.25) is 0 Å². The summed E-state index contributed by atoms with van der Waals surface area (Å²) in [5.74, 6) is -0.345. The lowest BCUT2D eigenvalue weighted by Crippen LogP contribution is -2.71. The van der Waals surface area contributed by atoms with Crippen molar-refractivity contribution in [3.8, 4) is 5.75 Å². The van der Waals surface area contributed by atoms with Gasteiger partial charge in [-0.05, 0) is 26.0 Å². The van der Waals surface area contributed by atoms with Crippen LogP contribution in [0.1, 0.15) is 13.8 Å². The van der Waals surface area contributed by atoms with E-state index in [-0.39, 0.29) is 6.61 Å². The molecule has 1 aromatic carbocycles. The number of hydrogen-bond donors (Lipinski definition) is 2. The van der Waals surface area contributed by atoms with Gasteiger partial charge in [-0.1, -0.05) is 18.2 Å². The molecule has 0 saturated carbocycles. The number of aliphatic hydroxyl groups is 1. The zero-order chi connectivity index (χ0) is 16.8. The molecule has 3 rings (SSSR count). The standard InChI is InChI=1S/C15H18N2O5S/c1-15(2)14(20)17-12(19)11(13(17)23(15)21)16-10(18)8-22-9-6-4-3-5-7-9/h3-7,11,13-14,20H,8H2,1-2H3,(H,16,18)/t11-,13?,14+,23?/m1/s1. The van der Waals surface area contributed by atoms with Crippen molar-refractivity contribution in [1.29, 1.82) is 0 Å². The number of carbonyl (C=O) groups excluding carboxylic acids is 2. The van der Waals surface area contributed by atoms with E-state index in [1.165, 1.54) is 4.90 Å². The lowest BCUT2D eigenvalue weighted by molar-refractivity contribution is -0.162. The zero-order valence-electron chi connectivity index (χ0n) is 12.8. The van der Waals surface area contributed by atoms with Gasteiger partial charge in [-0.2, -0.15) is 0 Å². The maximum Gasteiger partial charge on any atom is 0.258 e. The lowest BCUT2D eigenvalue weighted by Gasteiger charge is -2.42. The summed E-state index contributed by atoms with van der Waals surface area (Å²) in [5, 5.41) is 11.9. The molecule has 0 bridgehead atoms. The number of amides is 2. The Hall–Kier alpha value is -1.93. The number of nitrogens with one attached hydrogen (secondary N) is 1. The molecule has 2 heterocycles. The number of β-lactam (4-membered cyclic amide) rings is 1. The fourth-order valence-electron chi connectivity index (χ4n) is 2.74. The minimum Gasteiger partial charge on any atom is -0.484 e. The third-order valence-electron chi connectivity index (χ3n) is 4.13. The molecule has 4 atom stereocenters. The van der Waals surface area contributed by atoms with Crippen LogP contribution in [0.3, 0.4) is 0 Å². The summed E-state index contributed by atoms with van der Waals surface area (Å²) in [7, 11) is -1.46. The molecule has 124 valence electrons. The predicted octanol–water partition coefficient (Wildman–Crippen LogP) is -0.422. The highest BCUT2D eigenvalue weighted by molar-refractivity contribution is 7.87. The van der Waals surface area contributed by atoms with E-state index in [2.05, 4.69) is 5.32 Å². The second-order valence-electron chi connectivity index (χ2n) is 6.06. The van der Waals surface area contributed by atoms with Crippen molar-refractivity contribution in [2.75, 3.05) is 6.61 Å². The Morgan fingerprint density at radius 3 is 2.70 bits per heavy atom. The largest absolute Gasteiger partial charge is 0.484 e. The topological polar surface area (TPSA) is 95.9 Å². The first-order valence-electron chi connectivity index (χ1n) is 7.22. The van der Waals surface area contributed by atoms with Gasteiger partial charge in [-0.3, -0.25) is 18.7 Å². The van der Waals surface area contributed by atoms with E-state index in [0.29, 0.717) is 5.75 Å². The Bertz CT molecular complexity index is 663. The second kappa shape index (κ2) is 5.61. The number of rotatable bonds is 4. The van der Waals surface area contributed by atoms with Crippen molar-refractivity contribution in [3.05, 3.63) is 30.3 Å². The number of hydrogen-bond acceptors (Lipinski definition) is 5. The Labute approximate surface area is 136 Å². The minimum atomic E-state index is -1.46. The summed E-state index contributed by atoms with van der Waals surface area (Å²) in [6.45, 7) is 3.03. The van der Waals surface area contributed by atoms with Crippen molar-refractivity contribution in [3.63, 3.8) is 0 Å². The van der Waals surface area contributed by atoms with E-state index in [9.17, 15) is 18.9 Å². The highest BCUT2D eigenvalue weighted by Crippen LogP contribution is 2.42. The van der Waals surface area contributed by atoms with Gasteiger partial charge in [0.1, 0.15) is 23.4 Å². The molecule has 2 N–H and O–H groups in total. The molecule has 23 heavy (non-hydrogen) atoms. The molecular weight excluding hydrogens is 320 g/mol. The van der Waals surface area contributed by atoms with Crippen LogP contribution >= 0.6 is 0 Å². The molecule has 8 heteroatoms. The SMILES string of the molecule is CC1(C)[C@H](O)N2C(=O)[C@@H](NC(=O)COc3ccccc3)C2S1=O. The maximum atomic E-state index is 12.4. The monoisotopic (exact) mass is 338 g/mol. The van der Waals surface area contributed by atoms with Gasteiger partial charge in [0.05, 0.1) is 15.5 Å². The van der Waals surface area contributed by atoms with Gasteiger partial charge in [0.25, 0.3) is 11.8 Å². The number of ether oxygens (including phenoxy) is 1. The molecule has 2 aliphatic heterocycles. The van der Waals surface area contributed by atoms with Crippen LogP contribution in [0.4, 0.5) is 0 Å². The van der Waals surface area contributed by atoms with Crippen LogP contribution in [0, 0.1) is 0 Å². The second-order valence-corrected chi connectivity index (χ2v) is 8.19. The van der Waals surface area contributed by atoms with Crippen LogP contribution in [0.25, 0.3) is 0 Å². The van der Waals surface area contributed by atoms with Crippen molar-refractivity contribution in [1.82, 2.24) is 10.2 Å². The predicted molar refractivity (Wildman–Crippen MR) is 82.7 cm³/mol. The molecule has 2 fully saturated rings. The van der Waals surface area contributed by atoms with E-state index < -0.39 is 45.0 Å². The van der Waals surface area contributed by atoms with Crippen LogP contribution in [-0.2, 0) is 20.4 Å². The number of para-hydroxylation sites is 1. The van der Waals surface area contributed by atoms with Gasteiger partial charge in [-0.15, -0.1) is 0 Å². The van der Waals surface area contributed by atoms with Crippen LogP contribution in [-0.4, -0.2) is 55.0 Å². The molecule has 0 spiro atoms. The van der Waals surface area contributed by atoms with E-state index in [4.69, 9.17) is 4.74 Å². The number of nitrogens with zero attached hydrogens (tertiary/aromatic N) is 1.